The minimum atomic E-state index is -0.685. The molecule has 2 aromatic heterocycles. The van der Waals surface area contributed by atoms with E-state index >= 15 is 0 Å². The molecule has 2 aliphatic heterocycles. The standard InChI is InChI=1S/C16H21N3O/c1-18-13-3-2-4-14(18)11-16(20,10-13)12-5-7-19-8-6-17-15(19)9-12/h5-9,13-14,20H,2-4,10-11H2,1H3. The van der Waals surface area contributed by atoms with Gasteiger partial charge in [0, 0.05) is 30.7 Å². The fourth-order valence-electron chi connectivity index (χ4n) is 4.08. The smallest absolute Gasteiger partial charge is 0.137 e. The van der Waals surface area contributed by atoms with Gasteiger partial charge in [0.15, 0.2) is 0 Å². The number of fused-ring (bicyclic) bond motifs is 3. The van der Waals surface area contributed by atoms with Gasteiger partial charge >= 0.3 is 0 Å². The third-order valence-corrected chi connectivity index (χ3v) is 5.31. The minimum Gasteiger partial charge on any atom is -0.385 e. The van der Waals surface area contributed by atoms with Gasteiger partial charge in [0.1, 0.15) is 5.65 Å². The first-order valence-corrected chi connectivity index (χ1v) is 7.53. The number of aromatic nitrogens is 2. The molecule has 2 unspecified atom stereocenters. The number of piperidine rings is 2. The van der Waals surface area contributed by atoms with Crippen LogP contribution in [0.1, 0.15) is 37.7 Å². The van der Waals surface area contributed by atoms with Gasteiger partial charge in [-0.2, -0.15) is 0 Å². The summed E-state index contributed by atoms with van der Waals surface area (Å²) in [5, 5.41) is 11.2. The van der Waals surface area contributed by atoms with E-state index in [0.717, 1.165) is 24.1 Å². The Morgan fingerprint density at radius 3 is 2.75 bits per heavy atom. The molecule has 0 aliphatic carbocycles. The van der Waals surface area contributed by atoms with Gasteiger partial charge in [0.25, 0.3) is 0 Å². The van der Waals surface area contributed by atoms with E-state index in [9.17, 15) is 5.11 Å². The van der Waals surface area contributed by atoms with Crippen LogP contribution in [0.25, 0.3) is 5.65 Å². The molecule has 2 aromatic rings. The fourth-order valence-corrected chi connectivity index (χ4v) is 4.08. The molecule has 0 saturated carbocycles. The highest BCUT2D eigenvalue weighted by Gasteiger charge is 2.44. The molecule has 2 aliphatic rings. The van der Waals surface area contributed by atoms with Crippen LogP contribution >= 0.6 is 0 Å². The highest BCUT2D eigenvalue weighted by molar-refractivity contribution is 5.43. The summed E-state index contributed by atoms with van der Waals surface area (Å²) in [4.78, 5) is 6.81. The van der Waals surface area contributed by atoms with Gasteiger partial charge in [0.2, 0.25) is 0 Å². The van der Waals surface area contributed by atoms with Crippen LogP contribution in [0.4, 0.5) is 0 Å². The summed E-state index contributed by atoms with van der Waals surface area (Å²) in [7, 11) is 2.21. The van der Waals surface area contributed by atoms with E-state index in [1.807, 2.05) is 22.9 Å². The van der Waals surface area contributed by atoms with Gasteiger partial charge in [0.05, 0.1) is 5.60 Å². The third kappa shape index (κ3) is 1.79. The van der Waals surface area contributed by atoms with Crippen molar-refractivity contribution in [2.24, 2.45) is 0 Å². The molecule has 2 saturated heterocycles. The Bertz CT molecular complexity index is 621. The zero-order valence-electron chi connectivity index (χ0n) is 11.9. The summed E-state index contributed by atoms with van der Waals surface area (Å²) >= 11 is 0. The third-order valence-electron chi connectivity index (χ3n) is 5.31. The Kier molecular flexibility index (Phi) is 2.66. The van der Waals surface area contributed by atoms with Crippen molar-refractivity contribution in [3.8, 4) is 0 Å². The molecule has 20 heavy (non-hydrogen) atoms. The number of hydrogen-bond donors (Lipinski definition) is 1. The van der Waals surface area contributed by atoms with Crippen molar-refractivity contribution >= 4 is 5.65 Å². The lowest BCUT2D eigenvalue weighted by molar-refractivity contribution is -0.0874. The molecule has 0 aromatic carbocycles. The van der Waals surface area contributed by atoms with Gasteiger partial charge in [-0.1, -0.05) is 6.42 Å². The zero-order chi connectivity index (χ0) is 13.7. The number of imidazole rings is 1. The highest BCUT2D eigenvalue weighted by atomic mass is 16.3. The first-order valence-electron chi connectivity index (χ1n) is 7.53. The molecule has 106 valence electrons. The molecule has 2 atom stereocenters. The summed E-state index contributed by atoms with van der Waals surface area (Å²) in [5.41, 5.74) is 1.26. The summed E-state index contributed by atoms with van der Waals surface area (Å²) < 4.78 is 1.99. The summed E-state index contributed by atoms with van der Waals surface area (Å²) in [6.07, 6.45) is 11.1. The molecule has 0 amide bonds. The van der Waals surface area contributed by atoms with Crippen molar-refractivity contribution in [1.29, 1.82) is 0 Å². The Hall–Kier alpha value is -1.39. The van der Waals surface area contributed by atoms with Crippen molar-refractivity contribution in [2.45, 2.75) is 49.8 Å². The minimum absolute atomic E-state index is 0.517. The predicted molar refractivity (Wildman–Crippen MR) is 77.5 cm³/mol. The van der Waals surface area contributed by atoms with E-state index in [-0.39, 0.29) is 0 Å². The first kappa shape index (κ1) is 12.4. The molecule has 4 heterocycles. The summed E-state index contributed by atoms with van der Waals surface area (Å²) in [6, 6.07) is 5.13. The number of pyridine rings is 1. The van der Waals surface area contributed by atoms with Gasteiger partial charge in [-0.05, 0) is 50.4 Å². The molecule has 4 nitrogen and oxygen atoms in total. The number of aliphatic hydroxyl groups is 1. The van der Waals surface area contributed by atoms with E-state index in [2.05, 4.69) is 23.0 Å². The van der Waals surface area contributed by atoms with Gasteiger partial charge < -0.3 is 14.4 Å². The van der Waals surface area contributed by atoms with Crippen LogP contribution in [0.2, 0.25) is 0 Å². The number of hydrogen-bond acceptors (Lipinski definition) is 3. The maximum absolute atomic E-state index is 11.2. The second kappa shape index (κ2) is 4.30. The second-order valence-electron chi connectivity index (χ2n) is 6.45. The Morgan fingerprint density at radius 2 is 2.00 bits per heavy atom. The highest BCUT2D eigenvalue weighted by Crippen LogP contribution is 2.43. The second-order valence-corrected chi connectivity index (χ2v) is 6.45. The maximum Gasteiger partial charge on any atom is 0.137 e. The first-order chi connectivity index (χ1) is 9.66. The molecule has 0 radical (unpaired) electrons. The molecule has 4 rings (SSSR count). The molecular formula is C16H21N3O. The zero-order valence-corrected chi connectivity index (χ0v) is 11.9. The van der Waals surface area contributed by atoms with Crippen molar-refractivity contribution < 1.29 is 5.11 Å². The molecule has 2 fully saturated rings. The fraction of sp³-hybridized carbons (Fsp3) is 0.562. The van der Waals surface area contributed by atoms with Crippen LogP contribution in [0.3, 0.4) is 0 Å². The van der Waals surface area contributed by atoms with E-state index in [4.69, 9.17) is 0 Å². The normalized spacial score (nSPS) is 34.5. The lowest BCUT2D eigenvalue weighted by atomic mass is 9.73. The van der Waals surface area contributed by atoms with Crippen LogP contribution in [-0.4, -0.2) is 38.5 Å². The Balaban J connectivity index is 1.72. The quantitative estimate of drug-likeness (QED) is 0.864. The predicted octanol–water partition coefficient (Wildman–Crippen LogP) is 2.17. The lowest BCUT2D eigenvalue weighted by Crippen LogP contribution is -2.55. The Morgan fingerprint density at radius 1 is 1.25 bits per heavy atom. The van der Waals surface area contributed by atoms with Gasteiger partial charge in [-0.15, -0.1) is 0 Å². The lowest BCUT2D eigenvalue weighted by Gasteiger charge is -2.50. The van der Waals surface area contributed by atoms with E-state index < -0.39 is 5.60 Å². The van der Waals surface area contributed by atoms with Crippen molar-refractivity contribution in [3.05, 3.63) is 36.3 Å². The van der Waals surface area contributed by atoms with Crippen molar-refractivity contribution in [1.82, 2.24) is 14.3 Å². The SMILES string of the molecule is CN1C2CCCC1CC(O)(c1ccn3ccnc3c1)C2. The maximum atomic E-state index is 11.2. The number of nitrogens with zero attached hydrogens (tertiary/aromatic N) is 3. The van der Waals surface area contributed by atoms with Crippen LogP contribution in [0.15, 0.2) is 30.7 Å². The van der Waals surface area contributed by atoms with Crippen LogP contribution in [0, 0.1) is 0 Å². The van der Waals surface area contributed by atoms with E-state index in [0.29, 0.717) is 12.1 Å². The molecule has 1 N–H and O–H groups in total. The monoisotopic (exact) mass is 271 g/mol. The average Bonchev–Trinajstić information content (AvgIpc) is 2.88. The largest absolute Gasteiger partial charge is 0.385 e. The number of rotatable bonds is 1. The van der Waals surface area contributed by atoms with Gasteiger partial charge in [-0.25, -0.2) is 4.98 Å². The molecular weight excluding hydrogens is 250 g/mol. The van der Waals surface area contributed by atoms with Crippen LogP contribution < -0.4 is 0 Å². The van der Waals surface area contributed by atoms with Crippen molar-refractivity contribution in [3.63, 3.8) is 0 Å². The van der Waals surface area contributed by atoms with Gasteiger partial charge in [-0.3, -0.25) is 0 Å². The van der Waals surface area contributed by atoms with Crippen molar-refractivity contribution in [2.75, 3.05) is 7.05 Å². The Labute approximate surface area is 119 Å². The van der Waals surface area contributed by atoms with E-state index in [1.165, 1.54) is 19.3 Å². The molecule has 0 spiro atoms. The summed E-state index contributed by atoms with van der Waals surface area (Å²) in [5.74, 6) is 0. The average molecular weight is 271 g/mol. The van der Waals surface area contributed by atoms with Crippen LogP contribution in [0.5, 0.6) is 0 Å². The summed E-state index contributed by atoms with van der Waals surface area (Å²) in [6.45, 7) is 0. The topological polar surface area (TPSA) is 40.8 Å². The van der Waals surface area contributed by atoms with E-state index in [1.54, 1.807) is 6.20 Å². The molecule has 4 heteroatoms. The molecule has 2 bridgehead atoms. The van der Waals surface area contributed by atoms with Crippen LogP contribution in [-0.2, 0) is 5.60 Å².